The van der Waals surface area contributed by atoms with Gasteiger partial charge >= 0.3 is 0 Å². The molecule has 0 aliphatic carbocycles. The largest absolute Gasteiger partial charge is 0.485 e. The standard InChI is InChI=1S/C23H20INO3/c24-19-12-10-17(11-13-19)14-20(26)16-28-22-9-5-4-8-21(22)23(27)25-15-18-6-2-1-3-7-18/h1-13H,14-16H2,(H,25,27). The van der Waals surface area contributed by atoms with Gasteiger partial charge < -0.3 is 10.1 Å². The second kappa shape index (κ2) is 10.0. The minimum Gasteiger partial charge on any atom is -0.485 e. The van der Waals surface area contributed by atoms with Gasteiger partial charge in [0, 0.05) is 16.5 Å². The number of carbonyl (C=O) groups is 2. The van der Waals surface area contributed by atoms with Crippen LogP contribution >= 0.6 is 22.6 Å². The van der Waals surface area contributed by atoms with Crippen molar-refractivity contribution in [2.75, 3.05) is 6.61 Å². The van der Waals surface area contributed by atoms with E-state index in [9.17, 15) is 9.59 Å². The summed E-state index contributed by atoms with van der Waals surface area (Å²) in [5.74, 6) is 0.134. The zero-order valence-corrected chi connectivity index (χ0v) is 17.4. The number of carbonyl (C=O) groups excluding carboxylic acids is 2. The zero-order valence-electron chi connectivity index (χ0n) is 15.2. The second-order valence-electron chi connectivity index (χ2n) is 6.30. The van der Waals surface area contributed by atoms with Gasteiger partial charge in [-0.2, -0.15) is 0 Å². The van der Waals surface area contributed by atoms with Crippen molar-refractivity contribution in [2.45, 2.75) is 13.0 Å². The van der Waals surface area contributed by atoms with E-state index in [2.05, 4.69) is 27.9 Å². The Balaban J connectivity index is 1.57. The lowest BCUT2D eigenvalue weighted by Gasteiger charge is -2.11. The molecule has 142 valence electrons. The highest BCUT2D eigenvalue weighted by Crippen LogP contribution is 2.18. The fraction of sp³-hybridized carbons (Fsp3) is 0.130. The van der Waals surface area contributed by atoms with Gasteiger partial charge in [0.1, 0.15) is 12.4 Å². The molecular formula is C23H20INO3. The highest BCUT2D eigenvalue weighted by Gasteiger charge is 2.13. The summed E-state index contributed by atoms with van der Waals surface area (Å²) in [5, 5.41) is 2.88. The summed E-state index contributed by atoms with van der Waals surface area (Å²) in [6.07, 6.45) is 0.305. The maximum Gasteiger partial charge on any atom is 0.255 e. The first-order chi connectivity index (χ1) is 13.6. The van der Waals surface area contributed by atoms with Crippen LogP contribution in [0.5, 0.6) is 5.75 Å². The Kier molecular flexibility index (Phi) is 7.19. The molecule has 4 nitrogen and oxygen atoms in total. The Hall–Kier alpha value is -2.67. The van der Waals surface area contributed by atoms with E-state index < -0.39 is 0 Å². The van der Waals surface area contributed by atoms with E-state index in [1.165, 1.54) is 0 Å². The van der Waals surface area contributed by atoms with Crippen LogP contribution in [0.25, 0.3) is 0 Å². The van der Waals surface area contributed by atoms with E-state index in [0.717, 1.165) is 14.7 Å². The van der Waals surface area contributed by atoms with Crippen molar-refractivity contribution < 1.29 is 14.3 Å². The molecule has 3 aromatic carbocycles. The third kappa shape index (κ3) is 5.92. The normalized spacial score (nSPS) is 10.3. The SMILES string of the molecule is O=C(COc1ccccc1C(=O)NCc1ccccc1)Cc1ccc(I)cc1. The summed E-state index contributed by atoms with van der Waals surface area (Å²) in [6.45, 7) is 0.356. The molecule has 28 heavy (non-hydrogen) atoms. The van der Waals surface area contributed by atoms with Crippen molar-refractivity contribution in [3.8, 4) is 5.75 Å². The molecule has 0 unspecified atom stereocenters. The van der Waals surface area contributed by atoms with Gasteiger partial charge in [-0.15, -0.1) is 0 Å². The molecule has 0 saturated heterocycles. The molecule has 0 saturated carbocycles. The van der Waals surface area contributed by atoms with E-state index in [1.807, 2.05) is 54.6 Å². The van der Waals surface area contributed by atoms with Crippen molar-refractivity contribution in [3.05, 3.63) is 99.1 Å². The summed E-state index contributed by atoms with van der Waals surface area (Å²) >= 11 is 2.23. The van der Waals surface area contributed by atoms with E-state index in [-0.39, 0.29) is 18.3 Å². The number of nitrogens with one attached hydrogen (secondary N) is 1. The lowest BCUT2D eigenvalue weighted by atomic mass is 10.1. The van der Waals surface area contributed by atoms with Gasteiger partial charge in [-0.05, 0) is 58.0 Å². The molecular weight excluding hydrogens is 465 g/mol. The molecule has 3 rings (SSSR count). The Labute approximate surface area is 178 Å². The maximum atomic E-state index is 12.5. The first-order valence-corrected chi connectivity index (χ1v) is 10.00. The third-order valence-corrected chi connectivity index (χ3v) is 4.85. The lowest BCUT2D eigenvalue weighted by Crippen LogP contribution is -2.24. The van der Waals surface area contributed by atoms with E-state index in [1.54, 1.807) is 24.3 Å². The van der Waals surface area contributed by atoms with Crippen molar-refractivity contribution >= 4 is 34.3 Å². The van der Waals surface area contributed by atoms with Gasteiger partial charge in [-0.3, -0.25) is 9.59 Å². The van der Waals surface area contributed by atoms with Crippen LogP contribution in [-0.4, -0.2) is 18.3 Å². The number of benzene rings is 3. The van der Waals surface area contributed by atoms with Gasteiger partial charge in [-0.1, -0.05) is 54.6 Å². The molecule has 0 aliphatic rings. The Morgan fingerprint density at radius 1 is 0.821 bits per heavy atom. The summed E-state index contributed by atoms with van der Waals surface area (Å²) in [4.78, 5) is 24.8. The number of hydrogen-bond donors (Lipinski definition) is 1. The van der Waals surface area contributed by atoms with Crippen LogP contribution in [-0.2, 0) is 17.8 Å². The summed E-state index contributed by atoms with van der Waals surface area (Å²) in [7, 11) is 0. The molecule has 0 aromatic heterocycles. The number of ketones is 1. The molecule has 5 heteroatoms. The first-order valence-electron chi connectivity index (χ1n) is 8.92. The molecule has 0 radical (unpaired) electrons. The molecule has 3 aromatic rings. The molecule has 1 N–H and O–H groups in total. The van der Waals surface area contributed by atoms with Gasteiger partial charge in [-0.25, -0.2) is 0 Å². The average Bonchev–Trinajstić information content (AvgIpc) is 2.73. The van der Waals surface area contributed by atoms with Gasteiger partial charge in [0.2, 0.25) is 0 Å². The summed E-state index contributed by atoms with van der Waals surface area (Å²) < 4.78 is 6.78. The molecule has 0 aliphatic heterocycles. The van der Waals surface area contributed by atoms with Gasteiger partial charge in [0.15, 0.2) is 5.78 Å². The van der Waals surface area contributed by atoms with Crippen molar-refractivity contribution in [1.29, 1.82) is 0 Å². The fourth-order valence-corrected chi connectivity index (χ4v) is 3.05. The number of hydrogen-bond acceptors (Lipinski definition) is 3. The molecule has 1 amide bonds. The Morgan fingerprint density at radius 3 is 2.25 bits per heavy atom. The fourth-order valence-electron chi connectivity index (χ4n) is 2.69. The van der Waals surface area contributed by atoms with Crippen LogP contribution in [0.2, 0.25) is 0 Å². The Bertz CT molecular complexity index is 940. The van der Waals surface area contributed by atoms with Crippen LogP contribution < -0.4 is 10.1 Å². The molecule has 0 fully saturated rings. The van der Waals surface area contributed by atoms with Crippen LogP contribution in [0.1, 0.15) is 21.5 Å². The Morgan fingerprint density at radius 2 is 1.50 bits per heavy atom. The minimum atomic E-state index is -0.232. The average molecular weight is 485 g/mol. The monoisotopic (exact) mass is 485 g/mol. The molecule has 0 heterocycles. The van der Waals surface area contributed by atoms with Gasteiger partial charge in [0.25, 0.3) is 5.91 Å². The number of para-hydroxylation sites is 1. The van der Waals surface area contributed by atoms with Crippen molar-refractivity contribution in [1.82, 2.24) is 5.32 Å². The topological polar surface area (TPSA) is 55.4 Å². The number of halogens is 1. The van der Waals surface area contributed by atoms with Gasteiger partial charge in [0.05, 0.1) is 5.56 Å². The predicted molar refractivity (Wildman–Crippen MR) is 117 cm³/mol. The van der Waals surface area contributed by atoms with Crippen LogP contribution in [0, 0.1) is 3.57 Å². The molecule has 0 atom stereocenters. The molecule has 0 spiro atoms. The van der Waals surface area contributed by atoms with E-state index >= 15 is 0 Å². The van der Waals surface area contributed by atoms with Crippen molar-refractivity contribution in [3.63, 3.8) is 0 Å². The number of amides is 1. The number of ether oxygens (including phenoxy) is 1. The predicted octanol–water partition coefficient (Wildman–Crippen LogP) is 4.41. The number of Topliss-reactive ketones (excluding diaryl/α,β-unsaturated/α-hetero) is 1. The summed E-state index contributed by atoms with van der Waals surface area (Å²) in [6, 6.07) is 24.5. The quantitative estimate of drug-likeness (QED) is 0.481. The van der Waals surface area contributed by atoms with Crippen LogP contribution in [0.15, 0.2) is 78.9 Å². The number of rotatable bonds is 8. The minimum absolute atomic E-state index is 0.0410. The van der Waals surface area contributed by atoms with Crippen molar-refractivity contribution in [2.24, 2.45) is 0 Å². The second-order valence-corrected chi connectivity index (χ2v) is 7.54. The van der Waals surface area contributed by atoms with E-state index in [0.29, 0.717) is 24.3 Å². The highest BCUT2D eigenvalue weighted by atomic mass is 127. The van der Waals surface area contributed by atoms with Crippen LogP contribution in [0.3, 0.4) is 0 Å². The lowest BCUT2D eigenvalue weighted by molar-refractivity contribution is -0.120. The van der Waals surface area contributed by atoms with Crippen LogP contribution in [0.4, 0.5) is 0 Å². The third-order valence-electron chi connectivity index (χ3n) is 4.13. The zero-order chi connectivity index (χ0) is 19.8. The smallest absolute Gasteiger partial charge is 0.255 e. The first kappa shape index (κ1) is 20.1. The van der Waals surface area contributed by atoms with E-state index in [4.69, 9.17) is 4.74 Å². The highest BCUT2D eigenvalue weighted by molar-refractivity contribution is 14.1. The summed E-state index contributed by atoms with van der Waals surface area (Å²) in [5.41, 5.74) is 2.38. The molecule has 0 bridgehead atoms. The maximum absolute atomic E-state index is 12.5.